The molecule has 3 aliphatic rings. The van der Waals surface area contributed by atoms with Gasteiger partial charge >= 0.3 is 6.09 Å². The van der Waals surface area contributed by atoms with E-state index in [1.807, 2.05) is 23.1 Å². The van der Waals surface area contributed by atoms with Gasteiger partial charge in [-0.05, 0) is 86.7 Å². The summed E-state index contributed by atoms with van der Waals surface area (Å²) in [6.07, 6.45) is 6.19. The van der Waals surface area contributed by atoms with Crippen LogP contribution in [0.2, 0.25) is 0 Å². The standard InChI is InChI=1S/C28H42N4O4/c1-19(2)21-5-8-24(9-6-21)31-13-11-28(12-14-31)25-10-7-23(30-20(3)33)17-22(25)18-32(26(28)34)15-16-36-27(35)29-4/h7,10,17,19,21,24H,5-6,8-9,11-16,18H2,1-4H3,(H,29,35)(H,30,33)/t21-,24+. The molecule has 0 unspecified atom stereocenters. The first kappa shape index (κ1) is 26.5. The lowest BCUT2D eigenvalue weighted by Crippen LogP contribution is -2.57. The minimum Gasteiger partial charge on any atom is -0.448 e. The molecule has 8 heteroatoms. The lowest BCUT2D eigenvalue weighted by Gasteiger charge is -2.49. The number of amides is 3. The molecule has 1 spiro atoms. The van der Waals surface area contributed by atoms with Gasteiger partial charge in [-0.3, -0.25) is 9.59 Å². The van der Waals surface area contributed by atoms with Crippen molar-refractivity contribution in [3.05, 3.63) is 29.3 Å². The molecule has 2 heterocycles. The molecule has 36 heavy (non-hydrogen) atoms. The van der Waals surface area contributed by atoms with Gasteiger partial charge in [-0.2, -0.15) is 0 Å². The number of benzene rings is 1. The summed E-state index contributed by atoms with van der Waals surface area (Å²) in [5.41, 5.74) is 2.33. The van der Waals surface area contributed by atoms with Crippen LogP contribution in [-0.2, 0) is 26.3 Å². The van der Waals surface area contributed by atoms with E-state index in [1.54, 1.807) is 0 Å². The highest BCUT2D eigenvalue weighted by atomic mass is 16.5. The maximum Gasteiger partial charge on any atom is 0.406 e. The number of ether oxygens (including phenoxy) is 1. The minimum atomic E-state index is -0.568. The fourth-order valence-corrected chi connectivity index (χ4v) is 6.56. The average molecular weight is 499 g/mol. The summed E-state index contributed by atoms with van der Waals surface area (Å²) in [6, 6.07) is 6.58. The van der Waals surface area contributed by atoms with E-state index in [0.717, 1.165) is 54.6 Å². The molecule has 0 bridgehead atoms. The second-order valence-corrected chi connectivity index (χ2v) is 11.1. The molecule has 1 aliphatic carbocycles. The summed E-state index contributed by atoms with van der Waals surface area (Å²) in [7, 11) is 1.52. The van der Waals surface area contributed by atoms with Crippen molar-refractivity contribution in [2.45, 2.75) is 77.3 Å². The van der Waals surface area contributed by atoms with Crippen molar-refractivity contribution in [3.8, 4) is 0 Å². The van der Waals surface area contributed by atoms with E-state index < -0.39 is 11.5 Å². The van der Waals surface area contributed by atoms with Gasteiger partial charge in [-0.25, -0.2) is 4.79 Å². The summed E-state index contributed by atoms with van der Waals surface area (Å²) in [5.74, 6) is 1.61. The van der Waals surface area contributed by atoms with Gasteiger partial charge in [0.25, 0.3) is 0 Å². The van der Waals surface area contributed by atoms with Crippen LogP contribution in [0, 0.1) is 11.8 Å². The number of carbonyl (C=O) groups excluding carboxylic acids is 3. The maximum absolute atomic E-state index is 14.0. The monoisotopic (exact) mass is 498 g/mol. The molecule has 8 nitrogen and oxygen atoms in total. The zero-order valence-corrected chi connectivity index (χ0v) is 22.3. The quantitative estimate of drug-likeness (QED) is 0.621. The number of anilines is 1. The van der Waals surface area contributed by atoms with Gasteiger partial charge in [-0.15, -0.1) is 0 Å². The third-order valence-corrected chi connectivity index (χ3v) is 8.65. The summed E-state index contributed by atoms with van der Waals surface area (Å²) in [4.78, 5) is 41.6. The SMILES string of the molecule is CNC(=O)OCCN1Cc2cc(NC(C)=O)ccc2C2(CCN([C@H]3CC[C@@H](C(C)C)CC3)CC2)C1=O. The second-order valence-electron chi connectivity index (χ2n) is 11.1. The Labute approximate surface area is 215 Å². The molecule has 3 amide bonds. The van der Waals surface area contributed by atoms with Crippen LogP contribution < -0.4 is 10.6 Å². The predicted molar refractivity (Wildman–Crippen MR) is 140 cm³/mol. The number of carbonyl (C=O) groups is 3. The van der Waals surface area contributed by atoms with E-state index in [1.165, 1.54) is 39.7 Å². The molecule has 2 fully saturated rings. The first-order valence-corrected chi connectivity index (χ1v) is 13.5. The summed E-state index contributed by atoms with van der Waals surface area (Å²) in [6.45, 7) is 8.94. The zero-order valence-electron chi connectivity index (χ0n) is 22.3. The number of likely N-dealkylation sites (tertiary alicyclic amines) is 1. The Bertz CT molecular complexity index is 962. The van der Waals surface area contributed by atoms with Gasteiger partial charge in [0.2, 0.25) is 11.8 Å². The molecule has 2 aliphatic heterocycles. The van der Waals surface area contributed by atoms with E-state index in [0.29, 0.717) is 19.1 Å². The molecule has 1 aromatic carbocycles. The first-order chi connectivity index (χ1) is 17.2. The first-order valence-electron chi connectivity index (χ1n) is 13.5. The number of piperidine rings is 1. The predicted octanol–water partition coefficient (Wildman–Crippen LogP) is 3.89. The largest absolute Gasteiger partial charge is 0.448 e. The zero-order chi connectivity index (χ0) is 25.9. The van der Waals surface area contributed by atoms with Crippen LogP contribution in [0.4, 0.5) is 10.5 Å². The van der Waals surface area contributed by atoms with Crippen LogP contribution in [0.5, 0.6) is 0 Å². The number of hydrogen-bond donors (Lipinski definition) is 2. The van der Waals surface area contributed by atoms with Crippen LogP contribution in [0.15, 0.2) is 18.2 Å². The number of alkyl carbamates (subject to hydrolysis) is 1. The van der Waals surface area contributed by atoms with Crippen molar-refractivity contribution in [3.63, 3.8) is 0 Å². The number of rotatable bonds is 6. The van der Waals surface area contributed by atoms with E-state index in [-0.39, 0.29) is 18.4 Å². The van der Waals surface area contributed by atoms with Crippen molar-refractivity contribution < 1.29 is 19.1 Å². The second kappa shape index (κ2) is 11.2. The summed E-state index contributed by atoms with van der Waals surface area (Å²) >= 11 is 0. The number of nitrogens with zero attached hydrogens (tertiary/aromatic N) is 2. The smallest absolute Gasteiger partial charge is 0.406 e. The average Bonchev–Trinajstić information content (AvgIpc) is 2.87. The van der Waals surface area contributed by atoms with Gasteiger partial charge in [-0.1, -0.05) is 19.9 Å². The Kier molecular flexibility index (Phi) is 8.23. The van der Waals surface area contributed by atoms with Gasteiger partial charge in [0.05, 0.1) is 12.0 Å². The molecule has 1 saturated heterocycles. The molecule has 198 valence electrons. The molecular formula is C28H42N4O4. The Morgan fingerprint density at radius 1 is 1.14 bits per heavy atom. The number of fused-ring (bicyclic) bond motifs is 2. The van der Waals surface area contributed by atoms with Crippen LogP contribution in [-0.4, -0.2) is 67.0 Å². The highest BCUT2D eigenvalue weighted by Gasteiger charge is 2.49. The fourth-order valence-electron chi connectivity index (χ4n) is 6.56. The van der Waals surface area contributed by atoms with E-state index in [2.05, 4.69) is 29.4 Å². The van der Waals surface area contributed by atoms with Crippen molar-refractivity contribution in [2.24, 2.45) is 11.8 Å². The number of hydrogen-bond acceptors (Lipinski definition) is 5. The molecule has 4 rings (SSSR count). The Morgan fingerprint density at radius 2 is 1.83 bits per heavy atom. The summed E-state index contributed by atoms with van der Waals surface area (Å²) < 4.78 is 5.19. The minimum absolute atomic E-state index is 0.118. The van der Waals surface area contributed by atoms with Gasteiger partial charge in [0.15, 0.2) is 0 Å². The lowest BCUT2D eigenvalue weighted by atomic mass is 9.67. The molecule has 1 saturated carbocycles. The Morgan fingerprint density at radius 3 is 2.44 bits per heavy atom. The Balaban J connectivity index is 1.52. The molecular weight excluding hydrogens is 456 g/mol. The molecule has 0 aromatic heterocycles. The third kappa shape index (κ3) is 5.53. The van der Waals surface area contributed by atoms with E-state index >= 15 is 0 Å². The van der Waals surface area contributed by atoms with Crippen LogP contribution in [0.3, 0.4) is 0 Å². The molecule has 1 aromatic rings. The maximum atomic E-state index is 14.0. The van der Waals surface area contributed by atoms with Crippen molar-refractivity contribution in [1.29, 1.82) is 0 Å². The highest BCUT2D eigenvalue weighted by Crippen LogP contribution is 2.45. The van der Waals surface area contributed by atoms with Gasteiger partial charge in [0.1, 0.15) is 6.61 Å². The van der Waals surface area contributed by atoms with Crippen molar-refractivity contribution >= 4 is 23.6 Å². The van der Waals surface area contributed by atoms with Crippen LogP contribution in [0.1, 0.15) is 70.4 Å². The molecule has 2 N–H and O–H groups in total. The van der Waals surface area contributed by atoms with Crippen molar-refractivity contribution in [1.82, 2.24) is 15.1 Å². The summed E-state index contributed by atoms with van der Waals surface area (Å²) in [5, 5.41) is 5.32. The van der Waals surface area contributed by atoms with Crippen molar-refractivity contribution in [2.75, 3.05) is 38.6 Å². The molecule has 0 atom stereocenters. The highest BCUT2D eigenvalue weighted by molar-refractivity contribution is 5.92. The van der Waals surface area contributed by atoms with E-state index in [4.69, 9.17) is 4.74 Å². The third-order valence-electron chi connectivity index (χ3n) is 8.65. The van der Waals surface area contributed by atoms with E-state index in [9.17, 15) is 14.4 Å². The van der Waals surface area contributed by atoms with Gasteiger partial charge < -0.3 is 25.2 Å². The lowest BCUT2D eigenvalue weighted by molar-refractivity contribution is -0.142. The fraction of sp³-hybridized carbons (Fsp3) is 0.679. The molecule has 0 radical (unpaired) electrons. The normalized spacial score (nSPS) is 23.9. The number of nitrogens with one attached hydrogen (secondary N) is 2. The topological polar surface area (TPSA) is 91.0 Å². The Hall–Kier alpha value is -2.61. The van der Waals surface area contributed by atoms with Crippen LogP contribution in [0.25, 0.3) is 0 Å². The van der Waals surface area contributed by atoms with Gasteiger partial charge in [0, 0.05) is 32.2 Å². The van der Waals surface area contributed by atoms with Crippen LogP contribution >= 0.6 is 0 Å².